The summed E-state index contributed by atoms with van der Waals surface area (Å²) in [5.41, 5.74) is 3.88. The van der Waals surface area contributed by atoms with E-state index in [4.69, 9.17) is 4.74 Å². The van der Waals surface area contributed by atoms with Crippen molar-refractivity contribution in [2.45, 2.75) is 13.0 Å². The standard InChI is InChI=1S/C14H17NO2/c1-10(14(16)17-3)12-6-4-5-11-7-8-15(2)9-13(11)12/h4-6H,1,7-9H2,2-3H3. The third-order valence-electron chi connectivity index (χ3n) is 3.22. The van der Waals surface area contributed by atoms with Crippen molar-refractivity contribution < 1.29 is 9.53 Å². The van der Waals surface area contributed by atoms with E-state index >= 15 is 0 Å². The molecule has 0 radical (unpaired) electrons. The monoisotopic (exact) mass is 231 g/mol. The van der Waals surface area contributed by atoms with Crippen LogP contribution in [0.15, 0.2) is 24.8 Å². The van der Waals surface area contributed by atoms with Gasteiger partial charge in [0, 0.05) is 13.1 Å². The zero-order valence-electron chi connectivity index (χ0n) is 10.3. The largest absolute Gasteiger partial charge is 0.465 e. The Morgan fingerprint density at radius 3 is 2.94 bits per heavy atom. The van der Waals surface area contributed by atoms with Gasteiger partial charge in [0.25, 0.3) is 0 Å². The van der Waals surface area contributed by atoms with Gasteiger partial charge in [-0.25, -0.2) is 4.79 Å². The first kappa shape index (κ1) is 11.9. The van der Waals surface area contributed by atoms with Gasteiger partial charge in [-0.1, -0.05) is 24.8 Å². The highest BCUT2D eigenvalue weighted by atomic mass is 16.5. The van der Waals surface area contributed by atoms with Crippen molar-refractivity contribution in [1.82, 2.24) is 4.90 Å². The minimum atomic E-state index is -0.355. The van der Waals surface area contributed by atoms with Gasteiger partial charge in [0.2, 0.25) is 0 Å². The molecule has 0 bridgehead atoms. The van der Waals surface area contributed by atoms with Crippen LogP contribution in [0.3, 0.4) is 0 Å². The van der Waals surface area contributed by atoms with E-state index in [1.165, 1.54) is 18.2 Å². The van der Waals surface area contributed by atoms with E-state index in [1.807, 2.05) is 12.1 Å². The summed E-state index contributed by atoms with van der Waals surface area (Å²) < 4.78 is 4.73. The van der Waals surface area contributed by atoms with Crippen molar-refractivity contribution >= 4 is 11.5 Å². The second kappa shape index (κ2) is 4.72. The van der Waals surface area contributed by atoms with E-state index < -0.39 is 0 Å². The van der Waals surface area contributed by atoms with Crippen molar-refractivity contribution in [2.24, 2.45) is 0 Å². The first-order valence-electron chi connectivity index (χ1n) is 5.70. The first-order chi connectivity index (χ1) is 8.13. The minimum Gasteiger partial charge on any atom is -0.465 e. The molecule has 1 aliphatic heterocycles. The fraction of sp³-hybridized carbons (Fsp3) is 0.357. The molecule has 0 unspecified atom stereocenters. The molecule has 0 aromatic heterocycles. The Hall–Kier alpha value is -1.61. The molecule has 1 heterocycles. The second-order valence-electron chi connectivity index (χ2n) is 4.40. The number of methoxy groups -OCH3 is 1. The summed E-state index contributed by atoms with van der Waals surface area (Å²) in [7, 11) is 3.47. The summed E-state index contributed by atoms with van der Waals surface area (Å²) in [5, 5.41) is 0. The lowest BCUT2D eigenvalue weighted by atomic mass is 9.92. The maximum Gasteiger partial charge on any atom is 0.337 e. The Labute approximate surface area is 102 Å². The summed E-state index contributed by atoms with van der Waals surface area (Å²) in [6.07, 6.45) is 1.02. The van der Waals surface area contributed by atoms with Crippen LogP contribution >= 0.6 is 0 Å². The Morgan fingerprint density at radius 2 is 2.24 bits per heavy atom. The summed E-state index contributed by atoms with van der Waals surface area (Å²) >= 11 is 0. The van der Waals surface area contributed by atoms with Gasteiger partial charge in [-0.2, -0.15) is 0 Å². The van der Waals surface area contributed by atoms with E-state index in [9.17, 15) is 4.79 Å². The van der Waals surface area contributed by atoms with Crippen LogP contribution in [0.25, 0.3) is 5.57 Å². The minimum absolute atomic E-state index is 0.355. The van der Waals surface area contributed by atoms with Crippen LogP contribution in [-0.2, 0) is 22.5 Å². The molecule has 0 saturated heterocycles. The van der Waals surface area contributed by atoms with E-state index in [2.05, 4.69) is 24.6 Å². The number of hydrogen-bond acceptors (Lipinski definition) is 3. The molecule has 90 valence electrons. The molecule has 0 spiro atoms. The highest BCUT2D eigenvalue weighted by molar-refractivity contribution is 6.16. The average Bonchev–Trinajstić information content (AvgIpc) is 2.36. The Kier molecular flexibility index (Phi) is 3.29. The van der Waals surface area contributed by atoms with Crippen LogP contribution in [0.1, 0.15) is 16.7 Å². The molecule has 1 aromatic carbocycles. The molecule has 0 N–H and O–H groups in total. The lowest BCUT2D eigenvalue weighted by molar-refractivity contribution is -0.133. The molecule has 0 saturated carbocycles. The number of carbonyl (C=O) groups excluding carboxylic acids is 1. The Balaban J connectivity index is 2.42. The molecule has 1 aromatic rings. The third kappa shape index (κ3) is 2.24. The van der Waals surface area contributed by atoms with Crippen molar-refractivity contribution in [2.75, 3.05) is 20.7 Å². The highest BCUT2D eigenvalue weighted by Crippen LogP contribution is 2.26. The smallest absolute Gasteiger partial charge is 0.337 e. The molecule has 3 heteroatoms. The molecule has 0 atom stereocenters. The number of fused-ring (bicyclic) bond motifs is 1. The maximum absolute atomic E-state index is 11.5. The fourth-order valence-corrected chi connectivity index (χ4v) is 2.23. The topological polar surface area (TPSA) is 29.5 Å². The fourth-order valence-electron chi connectivity index (χ4n) is 2.23. The van der Waals surface area contributed by atoms with E-state index in [0.717, 1.165) is 25.1 Å². The number of carbonyl (C=O) groups is 1. The molecule has 1 aliphatic rings. The summed E-state index contributed by atoms with van der Waals surface area (Å²) in [5.74, 6) is -0.355. The zero-order chi connectivity index (χ0) is 12.4. The SMILES string of the molecule is C=C(C(=O)OC)c1cccc2c1CN(C)CC2. The summed E-state index contributed by atoms with van der Waals surface area (Å²) in [6, 6.07) is 6.04. The van der Waals surface area contributed by atoms with Gasteiger partial charge in [0.05, 0.1) is 12.7 Å². The Morgan fingerprint density at radius 1 is 1.47 bits per heavy atom. The van der Waals surface area contributed by atoms with Gasteiger partial charge in [0.15, 0.2) is 0 Å². The van der Waals surface area contributed by atoms with Gasteiger partial charge in [-0.3, -0.25) is 0 Å². The summed E-state index contributed by atoms with van der Waals surface area (Å²) in [4.78, 5) is 13.8. The quantitative estimate of drug-likeness (QED) is 0.575. The molecular weight excluding hydrogens is 214 g/mol. The first-order valence-corrected chi connectivity index (χ1v) is 5.70. The van der Waals surface area contributed by atoms with Gasteiger partial charge in [0.1, 0.15) is 0 Å². The zero-order valence-corrected chi connectivity index (χ0v) is 10.3. The number of rotatable bonds is 2. The molecule has 17 heavy (non-hydrogen) atoms. The van der Waals surface area contributed by atoms with Gasteiger partial charge in [-0.05, 0) is 30.2 Å². The predicted octanol–water partition coefficient (Wildman–Crippen LogP) is 1.86. The second-order valence-corrected chi connectivity index (χ2v) is 4.40. The van der Waals surface area contributed by atoms with Crippen molar-refractivity contribution in [1.29, 1.82) is 0 Å². The van der Waals surface area contributed by atoms with Crippen molar-refractivity contribution in [3.05, 3.63) is 41.5 Å². The lowest BCUT2D eigenvalue weighted by Gasteiger charge is -2.27. The van der Waals surface area contributed by atoms with E-state index in [1.54, 1.807) is 0 Å². The number of ether oxygens (including phenoxy) is 1. The summed E-state index contributed by atoms with van der Waals surface area (Å²) in [6.45, 7) is 5.76. The van der Waals surface area contributed by atoms with E-state index in [0.29, 0.717) is 5.57 Å². The highest BCUT2D eigenvalue weighted by Gasteiger charge is 2.20. The average molecular weight is 231 g/mol. The molecule has 3 nitrogen and oxygen atoms in total. The third-order valence-corrected chi connectivity index (χ3v) is 3.22. The molecule has 2 rings (SSSR count). The van der Waals surface area contributed by atoms with Crippen LogP contribution in [-0.4, -0.2) is 31.6 Å². The number of nitrogens with zero attached hydrogens (tertiary/aromatic N) is 1. The Bertz CT molecular complexity index is 465. The van der Waals surface area contributed by atoms with Crippen molar-refractivity contribution in [3.63, 3.8) is 0 Å². The van der Waals surface area contributed by atoms with Crippen LogP contribution < -0.4 is 0 Å². The van der Waals surface area contributed by atoms with Crippen LogP contribution in [0, 0.1) is 0 Å². The molecule has 0 fully saturated rings. The predicted molar refractivity (Wildman–Crippen MR) is 67.5 cm³/mol. The normalized spacial score (nSPS) is 15.2. The molecule has 0 aliphatic carbocycles. The van der Waals surface area contributed by atoms with E-state index in [-0.39, 0.29) is 5.97 Å². The number of hydrogen-bond donors (Lipinski definition) is 0. The van der Waals surface area contributed by atoms with Gasteiger partial charge in [-0.15, -0.1) is 0 Å². The maximum atomic E-state index is 11.5. The van der Waals surface area contributed by atoms with Gasteiger partial charge < -0.3 is 9.64 Å². The van der Waals surface area contributed by atoms with Crippen LogP contribution in [0.5, 0.6) is 0 Å². The van der Waals surface area contributed by atoms with Crippen LogP contribution in [0.2, 0.25) is 0 Å². The number of likely N-dealkylation sites (N-methyl/N-ethyl adjacent to an activating group) is 1. The molecule has 0 amide bonds. The van der Waals surface area contributed by atoms with Crippen molar-refractivity contribution in [3.8, 4) is 0 Å². The molecular formula is C14H17NO2. The lowest BCUT2D eigenvalue weighted by Crippen LogP contribution is -2.27. The van der Waals surface area contributed by atoms with Crippen LogP contribution in [0.4, 0.5) is 0 Å². The number of benzene rings is 1. The van der Waals surface area contributed by atoms with Gasteiger partial charge >= 0.3 is 5.97 Å². The number of esters is 1.